The molecule has 13 heavy (non-hydrogen) atoms. The van der Waals surface area contributed by atoms with E-state index in [1.165, 1.54) is 6.42 Å². The third-order valence-electron chi connectivity index (χ3n) is 1.60. The molecule has 0 unspecified atom stereocenters. The molecule has 0 aliphatic rings. The van der Waals surface area contributed by atoms with Crippen molar-refractivity contribution in [2.75, 3.05) is 6.61 Å². The molecule has 0 aliphatic heterocycles. The van der Waals surface area contributed by atoms with Gasteiger partial charge in [-0.25, -0.2) is 0 Å². The van der Waals surface area contributed by atoms with E-state index in [0.717, 1.165) is 12.2 Å². The predicted molar refractivity (Wildman–Crippen MR) is 53.8 cm³/mol. The van der Waals surface area contributed by atoms with Crippen LogP contribution in [0.5, 0.6) is 5.75 Å². The van der Waals surface area contributed by atoms with Gasteiger partial charge in [-0.3, -0.25) is 4.98 Å². The fraction of sp³-hybridized carbons (Fsp3) is 0.364. The normalized spacial score (nSPS) is 10.5. The summed E-state index contributed by atoms with van der Waals surface area (Å²) in [6, 6.07) is 3.77. The van der Waals surface area contributed by atoms with Crippen molar-refractivity contribution >= 4 is 0 Å². The van der Waals surface area contributed by atoms with Gasteiger partial charge in [-0.2, -0.15) is 0 Å². The van der Waals surface area contributed by atoms with Crippen molar-refractivity contribution in [3.63, 3.8) is 0 Å². The van der Waals surface area contributed by atoms with E-state index in [0.29, 0.717) is 6.61 Å². The Hall–Kier alpha value is -1.31. The minimum Gasteiger partial charge on any atom is -0.488 e. The molecule has 1 aromatic rings. The summed E-state index contributed by atoms with van der Waals surface area (Å²) in [7, 11) is 0. The van der Waals surface area contributed by atoms with Crippen LogP contribution in [0.4, 0.5) is 0 Å². The van der Waals surface area contributed by atoms with Crippen LogP contribution in [0, 0.1) is 0 Å². The summed E-state index contributed by atoms with van der Waals surface area (Å²) in [4.78, 5) is 3.95. The molecule has 0 aliphatic carbocycles. The van der Waals surface area contributed by atoms with Gasteiger partial charge in [0.25, 0.3) is 0 Å². The van der Waals surface area contributed by atoms with Gasteiger partial charge in [0.15, 0.2) is 0 Å². The molecule has 0 amide bonds. The van der Waals surface area contributed by atoms with E-state index in [4.69, 9.17) is 4.74 Å². The first-order chi connectivity index (χ1) is 6.43. The number of pyridine rings is 1. The van der Waals surface area contributed by atoms with Gasteiger partial charge in [0, 0.05) is 6.20 Å². The van der Waals surface area contributed by atoms with Crippen LogP contribution in [0.3, 0.4) is 0 Å². The SMILES string of the molecule is CCC/C=C/COc1cccnc1. The largest absolute Gasteiger partial charge is 0.488 e. The molecule has 2 nitrogen and oxygen atoms in total. The van der Waals surface area contributed by atoms with Gasteiger partial charge >= 0.3 is 0 Å². The first-order valence-electron chi connectivity index (χ1n) is 4.61. The van der Waals surface area contributed by atoms with E-state index in [-0.39, 0.29) is 0 Å². The van der Waals surface area contributed by atoms with Crippen LogP contribution >= 0.6 is 0 Å². The minimum absolute atomic E-state index is 0.631. The molecule has 0 radical (unpaired) electrons. The minimum atomic E-state index is 0.631. The maximum atomic E-state index is 5.40. The summed E-state index contributed by atoms with van der Waals surface area (Å²) in [5.74, 6) is 0.823. The highest BCUT2D eigenvalue weighted by molar-refractivity contribution is 5.15. The highest BCUT2D eigenvalue weighted by Gasteiger charge is 1.87. The lowest BCUT2D eigenvalue weighted by atomic mass is 10.3. The predicted octanol–water partition coefficient (Wildman–Crippen LogP) is 2.82. The number of aromatic nitrogens is 1. The molecular formula is C11H15NO. The van der Waals surface area contributed by atoms with Crippen molar-refractivity contribution in [3.8, 4) is 5.75 Å². The lowest BCUT2D eigenvalue weighted by Crippen LogP contribution is -1.92. The summed E-state index contributed by atoms with van der Waals surface area (Å²) in [6.45, 7) is 2.79. The van der Waals surface area contributed by atoms with Crippen LogP contribution in [0.1, 0.15) is 19.8 Å². The zero-order chi connectivity index (χ0) is 9.36. The Balaban J connectivity index is 2.20. The van der Waals surface area contributed by atoms with E-state index < -0.39 is 0 Å². The van der Waals surface area contributed by atoms with E-state index in [1.807, 2.05) is 18.2 Å². The number of hydrogen-bond acceptors (Lipinski definition) is 2. The summed E-state index contributed by atoms with van der Waals surface area (Å²) in [5.41, 5.74) is 0. The van der Waals surface area contributed by atoms with Gasteiger partial charge in [-0.15, -0.1) is 0 Å². The Kier molecular flexibility index (Phi) is 4.69. The van der Waals surface area contributed by atoms with Crippen molar-refractivity contribution < 1.29 is 4.74 Å². The first kappa shape index (κ1) is 9.78. The molecule has 0 aromatic carbocycles. The number of unbranched alkanes of at least 4 members (excludes halogenated alkanes) is 1. The second kappa shape index (κ2) is 6.23. The number of hydrogen-bond donors (Lipinski definition) is 0. The average Bonchev–Trinajstić information content (AvgIpc) is 2.19. The summed E-state index contributed by atoms with van der Waals surface area (Å²) in [5, 5.41) is 0. The van der Waals surface area contributed by atoms with Gasteiger partial charge < -0.3 is 4.74 Å². The number of allylic oxidation sites excluding steroid dienone is 1. The fourth-order valence-electron chi connectivity index (χ4n) is 0.929. The Morgan fingerprint density at radius 3 is 3.08 bits per heavy atom. The summed E-state index contributed by atoms with van der Waals surface area (Å²) >= 11 is 0. The smallest absolute Gasteiger partial charge is 0.138 e. The molecule has 0 N–H and O–H groups in total. The van der Waals surface area contributed by atoms with Gasteiger partial charge in [-0.1, -0.05) is 25.5 Å². The van der Waals surface area contributed by atoms with Crippen LogP contribution in [-0.2, 0) is 0 Å². The molecule has 70 valence electrons. The molecule has 0 bridgehead atoms. The van der Waals surface area contributed by atoms with Crippen molar-refractivity contribution in [2.45, 2.75) is 19.8 Å². The third kappa shape index (κ3) is 4.31. The number of nitrogens with zero attached hydrogens (tertiary/aromatic N) is 1. The molecule has 1 aromatic heterocycles. The molecule has 1 rings (SSSR count). The zero-order valence-electron chi connectivity index (χ0n) is 7.94. The van der Waals surface area contributed by atoms with Gasteiger partial charge in [0.2, 0.25) is 0 Å². The second-order valence-corrected chi connectivity index (χ2v) is 2.76. The second-order valence-electron chi connectivity index (χ2n) is 2.76. The highest BCUT2D eigenvalue weighted by Crippen LogP contribution is 2.05. The van der Waals surface area contributed by atoms with Gasteiger partial charge in [0.05, 0.1) is 6.20 Å². The van der Waals surface area contributed by atoms with Crippen molar-refractivity contribution in [1.29, 1.82) is 0 Å². The van der Waals surface area contributed by atoms with Crippen molar-refractivity contribution in [2.24, 2.45) is 0 Å². The number of rotatable bonds is 5. The van der Waals surface area contributed by atoms with Crippen LogP contribution < -0.4 is 4.74 Å². The average molecular weight is 177 g/mol. The molecule has 2 heteroatoms. The third-order valence-corrected chi connectivity index (χ3v) is 1.60. The molecule has 0 fully saturated rings. The van der Waals surface area contributed by atoms with Crippen LogP contribution in [0.25, 0.3) is 0 Å². The Labute approximate surface area is 79.3 Å². The van der Waals surface area contributed by atoms with Gasteiger partial charge in [-0.05, 0) is 18.6 Å². The van der Waals surface area contributed by atoms with Crippen molar-refractivity contribution in [3.05, 3.63) is 36.7 Å². The van der Waals surface area contributed by atoms with E-state index in [9.17, 15) is 0 Å². The Bertz CT molecular complexity index is 244. The molecule has 0 spiro atoms. The summed E-state index contributed by atoms with van der Waals surface area (Å²) < 4.78 is 5.40. The first-order valence-corrected chi connectivity index (χ1v) is 4.61. The highest BCUT2D eigenvalue weighted by atomic mass is 16.5. The summed E-state index contributed by atoms with van der Waals surface area (Å²) in [6.07, 6.45) is 9.93. The van der Waals surface area contributed by atoms with E-state index in [2.05, 4.69) is 18.0 Å². The van der Waals surface area contributed by atoms with Crippen LogP contribution in [0.15, 0.2) is 36.7 Å². The van der Waals surface area contributed by atoms with Crippen LogP contribution in [0.2, 0.25) is 0 Å². The van der Waals surface area contributed by atoms with Crippen molar-refractivity contribution in [1.82, 2.24) is 4.98 Å². The molecule has 0 atom stereocenters. The van der Waals surface area contributed by atoms with E-state index >= 15 is 0 Å². The maximum absolute atomic E-state index is 5.40. The van der Waals surface area contributed by atoms with Gasteiger partial charge in [0.1, 0.15) is 12.4 Å². The monoisotopic (exact) mass is 177 g/mol. The van der Waals surface area contributed by atoms with E-state index in [1.54, 1.807) is 12.4 Å². The number of ether oxygens (including phenoxy) is 1. The lowest BCUT2D eigenvalue weighted by molar-refractivity contribution is 0.361. The lowest BCUT2D eigenvalue weighted by Gasteiger charge is -2.00. The standard InChI is InChI=1S/C11H15NO/c1-2-3-4-5-9-13-11-7-6-8-12-10-11/h4-8,10H,2-3,9H2,1H3/b5-4+. The van der Waals surface area contributed by atoms with Crippen LogP contribution in [-0.4, -0.2) is 11.6 Å². The Morgan fingerprint density at radius 1 is 1.46 bits per heavy atom. The Morgan fingerprint density at radius 2 is 2.38 bits per heavy atom. The maximum Gasteiger partial charge on any atom is 0.138 e. The quantitative estimate of drug-likeness (QED) is 0.645. The fourth-order valence-corrected chi connectivity index (χ4v) is 0.929. The molecule has 0 saturated carbocycles. The molecular weight excluding hydrogens is 162 g/mol. The zero-order valence-corrected chi connectivity index (χ0v) is 7.94. The molecule has 1 heterocycles. The topological polar surface area (TPSA) is 22.1 Å². The molecule has 0 saturated heterocycles.